The van der Waals surface area contributed by atoms with Crippen LogP contribution in [0.1, 0.15) is 47.0 Å². The van der Waals surface area contributed by atoms with Crippen LogP contribution in [-0.4, -0.2) is 25.0 Å². The van der Waals surface area contributed by atoms with Crippen molar-refractivity contribution in [1.29, 1.82) is 0 Å². The third-order valence-corrected chi connectivity index (χ3v) is 3.46. The van der Waals surface area contributed by atoms with Crippen molar-refractivity contribution in [1.82, 2.24) is 4.90 Å². The summed E-state index contributed by atoms with van der Waals surface area (Å²) in [5, 5.41) is 0. The van der Waals surface area contributed by atoms with Crippen LogP contribution in [0.15, 0.2) is 12.7 Å². The molecule has 0 N–H and O–H groups in total. The van der Waals surface area contributed by atoms with Crippen LogP contribution in [0.25, 0.3) is 0 Å². The van der Waals surface area contributed by atoms with E-state index in [2.05, 4.69) is 38.5 Å². The molecular weight excluding hydrogens is 182 g/mol. The first kappa shape index (κ1) is 14.7. The highest BCUT2D eigenvalue weighted by Crippen LogP contribution is 2.37. The van der Waals surface area contributed by atoms with E-state index in [9.17, 15) is 0 Å². The lowest BCUT2D eigenvalue weighted by Gasteiger charge is -2.27. The Balaban J connectivity index is 0.000000921. The van der Waals surface area contributed by atoms with E-state index < -0.39 is 0 Å². The van der Waals surface area contributed by atoms with Crippen molar-refractivity contribution >= 4 is 0 Å². The normalized spacial score (nSPS) is 28.1. The van der Waals surface area contributed by atoms with E-state index in [0.717, 1.165) is 5.92 Å². The predicted octanol–water partition coefficient (Wildman–Crippen LogP) is 3.96. The van der Waals surface area contributed by atoms with Crippen molar-refractivity contribution < 1.29 is 0 Å². The lowest BCUT2D eigenvalue weighted by molar-refractivity contribution is 0.282. The molecule has 1 heteroatoms. The SMILES string of the molecule is C=CC1(CC(C)CC)CCN(C)C1.CC. The molecule has 1 fully saturated rings. The second kappa shape index (κ2) is 7.05. The standard InChI is InChI=1S/C12H23N.C2H6/c1-5-11(3)9-12(6-2)7-8-13(4)10-12;1-2/h6,11H,2,5,7-10H2,1,3-4H3;1-2H3. The molecule has 0 aliphatic carbocycles. The molecule has 0 spiro atoms. The van der Waals surface area contributed by atoms with Crippen LogP contribution in [0, 0.1) is 11.3 Å². The predicted molar refractivity (Wildman–Crippen MR) is 70.2 cm³/mol. The van der Waals surface area contributed by atoms with E-state index in [1.807, 2.05) is 13.8 Å². The summed E-state index contributed by atoms with van der Waals surface area (Å²) in [5.74, 6) is 0.837. The zero-order chi connectivity index (χ0) is 11.9. The van der Waals surface area contributed by atoms with Crippen LogP contribution in [0.5, 0.6) is 0 Å². The molecule has 0 bridgehead atoms. The maximum absolute atomic E-state index is 4.01. The van der Waals surface area contributed by atoms with Gasteiger partial charge in [0.1, 0.15) is 0 Å². The molecule has 1 nitrogen and oxygen atoms in total. The highest BCUT2D eigenvalue weighted by atomic mass is 15.1. The van der Waals surface area contributed by atoms with E-state index in [1.54, 1.807) is 0 Å². The molecule has 2 atom stereocenters. The highest BCUT2D eigenvalue weighted by Gasteiger charge is 2.34. The summed E-state index contributed by atoms with van der Waals surface area (Å²) < 4.78 is 0. The minimum Gasteiger partial charge on any atom is -0.305 e. The third kappa shape index (κ3) is 4.38. The summed E-state index contributed by atoms with van der Waals surface area (Å²) in [7, 11) is 2.21. The summed E-state index contributed by atoms with van der Waals surface area (Å²) in [6, 6.07) is 0. The van der Waals surface area contributed by atoms with E-state index >= 15 is 0 Å². The van der Waals surface area contributed by atoms with E-state index in [-0.39, 0.29) is 0 Å². The molecule has 1 heterocycles. The van der Waals surface area contributed by atoms with Gasteiger partial charge in [-0.05, 0) is 32.4 Å². The summed E-state index contributed by atoms with van der Waals surface area (Å²) in [6.45, 7) is 15.1. The van der Waals surface area contributed by atoms with Crippen molar-refractivity contribution in [3.05, 3.63) is 12.7 Å². The largest absolute Gasteiger partial charge is 0.305 e. The Morgan fingerprint density at radius 3 is 2.40 bits per heavy atom. The topological polar surface area (TPSA) is 3.24 Å². The first-order valence-electron chi connectivity index (χ1n) is 6.44. The Bertz CT molecular complexity index is 176. The Hall–Kier alpha value is -0.300. The first-order chi connectivity index (χ1) is 7.12. The second-order valence-electron chi connectivity index (χ2n) is 4.77. The van der Waals surface area contributed by atoms with E-state index in [4.69, 9.17) is 0 Å². The van der Waals surface area contributed by atoms with Gasteiger partial charge in [-0.15, -0.1) is 6.58 Å². The van der Waals surface area contributed by atoms with Gasteiger partial charge in [0.05, 0.1) is 0 Å². The van der Waals surface area contributed by atoms with Crippen molar-refractivity contribution in [3.63, 3.8) is 0 Å². The number of nitrogens with zero attached hydrogens (tertiary/aromatic N) is 1. The van der Waals surface area contributed by atoms with Gasteiger partial charge in [-0.2, -0.15) is 0 Å². The Kier molecular flexibility index (Phi) is 6.91. The molecular formula is C14H29N. The first-order valence-corrected chi connectivity index (χ1v) is 6.44. The van der Waals surface area contributed by atoms with Gasteiger partial charge in [0, 0.05) is 12.0 Å². The van der Waals surface area contributed by atoms with Gasteiger partial charge >= 0.3 is 0 Å². The monoisotopic (exact) mass is 211 g/mol. The Labute approximate surface area is 96.6 Å². The van der Waals surface area contributed by atoms with Crippen LogP contribution in [0.2, 0.25) is 0 Å². The molecule has 0 aromatic rings. The third-order valence-electron chi connectivity index (χ3n) is 3.46. The summed E-state index contributed by atoms with van der Waals surface area (Å²) in [4.78, 5) is 2.42. The van der Waals surface area contributed by atoms with Crippen LogP contribution in [0.3, 0.4) is 0 Å². The zero-order valence-corrected chi connectivity index (χ0v) is 11.3. The molecule has 15 heavy (non-hydrogen) atoms. The van der Waals surface area contributed by atoms with Gasteiger partial charge in [0.15, 0.2) is 0 Å². The lowest BCUT2D eigenvalue weighted by atomic mass is 9.78. The van der Waals surface area contributed by atoms with Crippen LogP contribution in [-0.2, 0) is 0 Å². The van der Waals surface area contributed by atoms with Gasteiger partial charge in [-0.25, -0.2) is 0 Å². The number of likely N-dealkylation sites (tertiary alicyclic amines) is 1. The van der Waals surface area contributed by atoms with Gasteiger partial charge in [-0.1, -0.05) is 40.2 Å². The van der Waals surface area contributed by atoms with Crippen LogP contribution in [0.4, 0.5) is 0 Å². The molecule has 90 valence electrons. The van der Waals surface area contributed by atoms with Gasteiger partial charge < -0.3 is 4.90 Å². The molecule has 2 unspecified atom stereocenters. The van der Waals surface area contributed by atoms with Gasteiger partial charge in [0.25, 0.3) is 0 Å². The molecule has 1 aliphatic heterocycles. The number of hydrogen-bond acceptors (Lipinski definition) is 1. The van der Waals surface area contributed by atoms with Crippen molar-refractivity contribution in [3.8, 4) is 0 Å². The fourth-order valence-corrected chi connectivity index (χ4v) is 2.36. The maximum atomic E-state index is 4.01. The Morgan fingerprint density at radius 1 is 1.47 bits per heavy atom. The average Bonchev–Trinajstić information content (AvgIpc) is 2.63. The molecule has 1 saturated heterocycles. The minimum absolute atomic E-state index is 0.421. The highest BCUT2D eigenvalue weighted by molar-refractivity contribution is 5.01. The number of rotatable bonds is 4. The second-order valence-corrected chi connectivity index (χ2v) is 4.77. The molecule has 0 aromatic carbocycles. The fourth-order valence-electron chi connectivity index (χ4n) is 2.36. The van der Waals surface area contributed by atoms with E-state index in [0.29, 0.717) is 5.41 Å². The van der Waals surface area contributed by atoms with Crippen molar-refractivity contribution in [2.45, 2.75) is 47.0 Å². The van der Waals surface area contributed by atoms with Crippen molar-refractivity contribution in [2.75, 3.05) is 20.1 Å². The average molecular weight is 211 g/mol. The summed E-state index contributed by atoms with van der Waals surface area (Å²) >= 11 is 0. The summed E-state index contributed by atoms with van der Waals surface area (Å²) in [5.41, 5.74) is 0.421. The van der Waals surface area contributed by atoms with Crippen molar-refractivity contribution in [2.24, 2.45) is 11.3 Å². The van der Waals surface area contributed by atoms with E-state index in [1.165, 1.54) is 32.4 Å². The Morgan fingerprint density at radius 2 is 2.07 bits per heavy atom. The smallest absolute Gasteiger partial charge is 0.00701 e. The molecule has 1 rings (SSSR count). The molecule has 1 aliphatic rings. The summed E-state index contributed by atoms with van der Waals surface area (Å²) in [6.07, 6.45) is 6.11. The van der Waals surface area contributed by atoms with Crippen LogP contribution < -0.4 is 0 Å². The van der Waals surface area contributed by atoms with Gasteiger partial charge in [-0.3, -0.25) is 0 Å². The fraction of sp³-hybridized carbons (Fsp3) is 0.857. The lowest BCUT2D eigenvalue weighted by Crippen LogP contribution is -2.24. The van der Waals surface area contributed by atoms with Gasteiger partial charge in [0.2, 0.25) is 0 Å². The molecule has 0 saturated carbocycles. The quantitative estimate of drug-likeness (QED) is 0.636. The molecule has 0 aromatic heterocycles. The molecule has 0 amide bonds. The molecule has 0 radical (unpaired) electrons. The minimum atomic E-state index is 0.421. The maximum Gasteiger partial charge on any atom is 0.00701 e. The number of hydrogen-bond donors (Lipinski definition) is 0. The van der Waals surface area contributed by atoms with Crippen LogP contribution >= 0.6 is 0 Å². The zero-order valence-electron chi connectivity index (χ0n) is 11.3.